The largest absolute Gasteiger partial charge is 0.292 e. The molecule has 0 aliphatic rings. The van der Waals surface area contributed by atoms with E-state index in [4.69, 9.17) is 15.0 Å². The molecule has 5 nitrogen and oxygen atoms in total. The van der Waals surface area contributed by atoms with Crippen molar-refractivity contribution in [3.05, 3.63) is 152 Å². The van der Waals surface area contributed by atoms with Crippen LogP contribution in [0.1, 0.15) is 0 Å². The molecule has 0 saturated carbocycles. The quantitative estimate of drug-likeness (QED) is 0.193. The fourth-order valence-electron chi connectivity index (χ4n) is 7.03. The number of hydrogen-bond acceptors (Lipinski definition) is 3. The number of benzene rings is 6. The summed E-state index contributed by atoms with van der Waals surface area (Å²) in [5.74, 6) is 0.635. The second kappa shape index (κ2) is 9.58. The lowest BCUT2D eigenvalue weighted by atomic mass is 10.0. The van der Waals surface area contributed by atoms with Gasteiger partial charge in [0.2, 0.25) is 5.95 Å². The summed E-state index contributed by atoms with van der Waals surface area (Å²) in [7, 11) is 0. The Hall–Kier alpha value is -6.33. The minimum atomic E-state index is 0.635. The van der Waals surface area contributed by atoms with Gasteiger partial charge in [0.1, 0.15) is 5.65 Å². The van der Waals surface area contributed by atoms with Gasteiger partial charge in [-0.3, -0.25) is 8.97 Å². The molecule has 0 spiro atoms. The van der Waals surface area contributed by atoms with Crippen LogP contribution in [0.4, 0.5) is 0 Å². The van der Waals surface area contributed by atoms with Gasteiger partial charge in [0, 0.05) is 32.7 Å². The van der Waals surface area contributed by atoms with Crippen molar-refractivity contribution in [3.63, 3.8) is 0 Å². The number of imidazole rings is 1. The maximum absolute atomic E-state index is 5.23. The first-order valence-corrected chi connectivity index (χ1v) is 15.5. The van der Waals surface area contributed by atoms with Crippen molar-refractivity contribution in [1.29, 1.82) is 0 Å². The van der Waals surface area contributed by atoms with E-state index in [0.29, 0.717) is 5.95 Å². The zero-order valence-corrected chi connectivity index (χ0v) is 24.7. The van der Waals surface area contributed by atoms with E-state index in [0.717, 1.165) is 71.9 Å². The van der Waals surface area contributed by atoms with Gasteiger partial charge >= 0.3 is 0 Å². The summed E-state index contributed by atoms with van der Waals surface area (Å²) in [6.07, 6.45) is 0. The SMILES string of the molecule is c1ccc(-c2cc(-c3ccccc3)nc(-n3c4ccccc4c4cc5c6ccccc6n6c7ccccc7nc6c5cc43)n2)cc1. The molecule has 4 aromatic heterocycles. The Morgan fingerprint density at radius 3 is 1.63 bits per heavy atom. The van der Waals surface area contributed by atoms with Crippen LogP contribution in [0, 0.1) is 0 Å². The Balaban J connectivity index is 1.37. The Morgan fingerprint density at radius 1 is 0.370 bits per heavy atom. The average Bonchev–Trinajstić information content (AvgIpc) is 3.68. The zero-order valence-electron chi connectivity index (χ0n) is 24.7. The minimum Gasteiger partial charge on any atom is -0.292 e. The van der Waals surface area contributed by atoms with Crippen LogP contribution in [0.5, 0.6) is 0 Å². The normalized spacial score (nSPS) is 11.9. The topological polar surface area (TPSA) is 48.0 Å². The van der Waals surface area contributed by atoms with Crippen molar-refractivity contribution in [3.8, 4) is 28.5 Å². The summed E-state index contributed by atoms with van der Waals surface area (Å²) in [4.78, 5) is 15.6. The maximum atomic E-state index is 5.23. The standard InChI is InChI=1S/C41H25N5/c1-3-13-26(14-4-1)34-25-35(27-15-5-2-6-16-27)44-41(43-34)46-37-21-11-8-18-29(37)31-23-30-28-17-7-10-20-36(28)45-38-22-12-9-19-33(38)42-40(45)32(30)24-39(31)46/h1-25H. The van der Waals surface area contributed by atoms with Crippen LogP contribution < -0.4 is 0 Å². The molecule has 6 aromatic carbocycles. The number of fused-ring (bicyclic) bond motifs is 11. The van der Waals surface area contributed by atoms with Crippen LogP contribution in [-0.4, -0.2) is 23.9 Å². The van der Waals surface area contributed by atoms with Gasteiger partial charge in [-0.2, -0.15) is 0 Å². The monoisotopic (exact) mass is 587 g/mol. The molecule has 46 heavy (non-hydrogen) atoms. The number of pyridine rings is 1. The van der Waals surface area contributed by atoms with E-state index >= 15 is 0 Å². The molecule has 0 radical (unpaired) electrons. The van der Waals surface area contributed by atoms with Crippen LogP contribution in [0.2, 0.25) is 0 Å². The number of rotatable bonds is 3. The third kappa shape index (κ3) is 3.60. The van der Waals surface area contributed by atoms with Gasteiger partial charge in [0.05, 0.1) is 39.0 Å². The van der Waals surface area contributed by atoms with Gasteiger partial charge in [-0.25, -0.2) is 15.0 Å². The molecule has 0 N–H and O–H groups in total. The van der Waals surface area contributed by atoms with Crippen LogP contribution in [0.25, 0.3) is 88.6 Å². The van der Waals surface area contributed by atoms with E-state index in [1.807, 2.05) is 12.1 Å². The highest BCUT2D eigenvalue weighted by molar-refractivity contribution is 6.21. The maximum Gasteiger partial charge on any atom is 0.235 e. The Morgan fingerprint density at radius 2 is 0.935 bits per heavy atom. The molecule has 214 valence electrons. The summed E-state index contributed by atoms with van der Waals surface area (Å²) in [5, 5.41) is 5.78. The highest BCUT2D eigenvalue weighted by atomic mass is 15.2. The number of aromatic nitrogens is 5. The van der Waals surface area contributed by atoms with Gasteiger partial charge in [-0.1, -0.05) is 109 Å². The van der Waals surface area contributed by atoms with Gasteiger partial charge < -0.3 is 0 Å². The van der Waals surface area contributed by atoms with E-state index in [9.17, 15) is 0 Å². The first kappa shape index (κ1) is 25.0. The molecular weight excluding hydrogens is 562 g/mol. The molecule has 0 saturated heterocycles. The second-order valence-electron chi connectivity index (χ2n) is 11.7. The summed E-state index contributed by atoms with van der Waals surface area (Å²) >= 11 is 0. The molecule has 10 rings (SSSR count). The molecule has 0 aliphatic heterocycles. The fourth-order valence-corrected chi connectivity index (χ4v) is 7.03. The van der Waals surface area contributed by atoms with Gasteiger partial charge in [0.25, 0.3) is 0 Å². The molecule has 10 aromatic rings. The average molecular weight is 588 g/mol. The molecule has 0 atom stereocenters. The predicted octanol–water partition coefficient (Wildman–Crippen LogP) is 10.0. The zero-order chi connectivity index (χ0) is 30.2. The van der Waals surface area contributed by atoms with Crippen molar-refractivity contribution < 1.29 is 0 Å². The van der Waals surface area contributed by atoms with Crippen molar-refractivity contribution in [2.75, 3.05) is 0 Å². The lowest BCUT2D eigenvalue weighted by Gasteiger charge is -2.13. The van der Waals surface area contributed by atoms with Crippen molar-refractivity contribution in [2.24, 2.45) is 0 Å². The number of para-hydroxylation sites is 4. The molecule has 0 aliphatic carbocycles. The minimum absolute atomic E-state index is 0.635. The number of nitrogens with zero attached hydrogens (tertiary/aromatic N) is 5. The Labute approximate surface area is 263 Å². The molecule has 5 heteroatoms. The number of hydrogen-bond donors (Lipinski definition) is 0. The molecule has 0 fully saturated rings. The predicted molar refractivity (Wildman–Crippen MR) is 189 cm³/mol. The molecule has 0 amide bonds. The smallest absolute Gasteiger partial charge is 0.235 e. The summed E-state index contributed by atoms with van der Waals surface area (Å²) in [6.45, 7) is 0. The molecular formula is C41H25N5. The lowest BCUT2D eigenvalue weighted by molar-refractivity contribution is 0.996. The first-order valence-electron chi connectivity index (χ1n) is 15.5. The third-order valence-electron chi connectivity index (χ3n) is 9.10. The fraction of sp³-hybridized carbons (Fsp3) is 0. The second-order valence-corrected chi connectivity index (χ2v) is 11.7. The van der Waals surface area contributed by atoms with Crippen LogP contribution in [0.15, 0.2) is 152 Å². The van der Waals surface area contributed by atoms with Crippen LogP contribution in [0.3, 0.4) is 0 Å². The first-order chi connectivity index (χ1) is 22.8. The van der Waals surface area contributed by atoms with Gasteiger partial charge in [-0.05, 0) is 47.9 Å². The van der Waals surface area contributed by atoms with Crippen molar-refractivity contribution >= 4 is 60.2 Å². The van der Waals surface area contributed by atoms with Crippen molar-refractivity contribution in [2.45, 2.75) is 0 Å². The highest BCUT2D eigenvalue weighted by Crippen LogP contribution is 2.39. The van der Waals surface area contributed by atoms with Crippen LogP contribution >= 0.6 is 0 Å². The Kier molecular flexibility index (Phi) is 5.22. The third-order valence-corrected chi connectivity index (χ3v) is 9.10. The van der Waals surface area contributed by atoms with Crippen molar-refractivity contribution in [1.82, 2.24) is 23.9 Å². The van der Waals surface area contributed by atoms with E-state index in [-0.39, 0.29) is 0 Å². The van der Waals surface area contributed by atoms with E-state index in [1.165, 1.54) is 10.8 Å². The molecule has 0 unspecified atom stereocenters. The van der Waals surface area contributed by atoms with E-state index in [2.05, 4.69) is 148 Å². The van der Waals surface area contributed by atoms with E-state index in [1.54, 1.807) is 0 Å². The van der Waals surface area contributed by atoms with E-state index < -0.39 is 0 Å². The lowest BCUT2D eigenvalue weighted by Crippen LogP contribution is -2.04. The summed E-state index contributed by atoms with van der Waals surface area (Å²) in [6, 6.07) is 53.0. The molecule has 0 bridgehead atoms. The van der Waals surface area contributed by atoms with Crippen LogP contribution in [-0.2, 0) is 0 Å². The summed E-state index contributed by atoms with van der Waals surface area (Å²) < 4.78 is 4.52. The highest BCUT2D eigenvalue weighted by Gasteiger charge is 2.20. The van der Waals surface area contributed by atoms with Gasteiger partial charge in [-0.15, -0.1) is 0 Å². The molecule has 4 heterocycles. The van der Waals surface area contributed by atoms with Gasteiger partial charge in [0.15, 0.2) is 0 Å². The Bertz CT molecular complexity index is 2740. The summed E-state index contributed by atoms with van der Waals surface area (Å²) in [5.41, 5.74) is 10.1.